The highest BCUT2D eigenvalue weighted by Gasteiger charge is 2.23. The number of halogens is 1. The van der Waals surface area contributed by atoms with Crippen molar-refractivity contribution in [3.05, 3.63) is 58.2 Å². The van der Waals surface area contributed by atoms with Crippen LogP contribution in [0.25, 0.3) is 10.9 Å². The summed E-state index contributed by atoms with van der Waals surface area (Å²) in [4.78, 5) is 7.68. The monoisotopic (exact) mass is 388 g/mol. The zero-order valence-electron chi connectivity index (χ0n) is 15.6. The summed E-state index contributed by atoms with van der Waals surface area (Å²) in [6.07, 6.45) is 2.64. The van der Waals surface area contributed by atoms with Crippen LogP contribution in [-0.4, -0.2) is 35.7 Å². The molecule has 0 spiro atoms. The van der Waals surface area contributed by atoms with E-state index in [0.29, 0.717) is 12.5 Å². The first-order valence-corrected chi connectivity index (χ1v) is 9.96. The Morgan fingerprint density at radius 2 is 2.19 bits per heavy atom. The Morgan fingerprint density at radius 1 is 1.33 bits per heavy atom. The van der Waals surface area contributed by atoms with E-state index in [2.05, 4.69) is 20.6 Å². The van der Waals surface area contributed by atoms with Gasteiger partial charge in [-0.2, -0.15) is 11.3 Å². The Kier molecular flexibility index (Phi) is 6.13. The van der Waals surface area contributed by atoms with Crippen molar-refractivity contribution < 1.29 is 9.50 Å². The number of aromatic nitrogens is 1. The van der Waals surface area contributed by atoms with E-state index in [1.54, 1.807) is 30.4 Å². The molecule has 3 rings (SSSR count). The van der Waals surface area contributed by atoms with E-state index in [0.717, 1.165) is 35.0 Å². The minimum atomic E-state index is -1.00. The number of thiophene rings is 1. The number of benzene rings is 1. The van der Waals surface area contributed by atoms with Gasteiger partial charge in [0.15, 0.2) is 5.96 Å². The van der Waals surface area contributed by atoms with Crippen LogP contribution in [0.1, 0.15) is 25.0 Å². The summed E-state index contributed by atoms with van der Waals surface area (Å²) in [5.74, 6) is 0.417. The van der Waals surface area contributed by atoms with Gasteiger partial charge < -0.3 is 20.7 Å². The topological polar surface area (TPSA) is 72.4 Å². The highest BCUT2D eigenvalue weighted by Crippen LogP contribution is 2.23. The van der Waals surface area contributed by atoms with Crippen molar-refractivity contribution in [3.8, 4) is 0 Å². The van der Waals surface area contributed by atoms with Gasteiger partial charge in [0.1, 0.15) is 11.4 Å². The first kappa shape index (κ1) is 19.4. The normalized spacial score (nSPS) is 14.3. The number of hydrogen-bond acceptors (Lipinski definition) is 3. The molecule has 0 aliphatic rings. The smallest absolute Gasteiger partial charge is 0.191 e. The zero-order valence-corrected chi connectivity index (χ0v) is 16.4. The molecule has 1 atom stereocenters. The Hall–Kier alpha value is -2.38. The molecule has 0 aliphatic carbocycles. The number of aliphatic hydroxyl groups is 1. The van der Waals surface area contributed by atoms with Gasteiger partial charge in [0.25, 0.3) is 0 Å². The number of aromatic amines is 1. The summed E-state index contributed by atoms with van der Waals surface area (Å²) < 4.78 is 13.5. The van der Waals surface area contributed by atoms with Crippen molar-refractivity contribution in [1.82, 2.24) is 15.6 Å². The molecule has 2 aromatic heterocycles. The average molecular weight is 389 g/mol. The van der Waals surface area contributed by atoms with E-state index in [9.17, 15) is 9.50 Å². The number of hydrogen-bond donors (Lipinski definition) is 4. The molecular weight excluding hydrogens is 363 g/mol. The first-order chi connectivity index (χ1) is 13.0. The van der Waals surface area contributed by atoms with Gasteiger partial charge in [-0.15, -0.1) is 0 Å². The first-order valence-electron chi connectivity index (χ1n) is 9.02. The summed E-state index contributed by atoms with van der Waals surface area (Å²) in [6, 6.07) is 6.67. The molecule has 3 aromatic rings. The zero-order chi connectivity index (χ0) is 19.3. The molecule has 0 saturated heterocycles. The third-order valence-corrected chi connectivity index (χ3v) is 5.13. The second-order valence-electron chi connectivity index (χ2n) is 6.66. The summed E-state index contributed by atoms with van der Waals surface area (Å²) in [7, 11) is 0. The van der Waals surface area contributed by atoms with Crippen LogP contribution in [0.2, 0.25) is 0 Å². The fourth-order valence-corrected chi connectivity index (χ4v) is 3.69. The molecule has 0 aliphatic heterocycles. The van der Waals surface area contributed by atoms with Crippen molar-refractivity contribution in [2.45, 2.75) is 25.9 Å². The lowest BCUT2D eigenvalue weighted by Gasteiger charge is -2.21. The number of H-pyrrole nitrogens is 1. The van der Waals surface area contributed by atoms with Crippen molar-refractivity contribution >= 4 is 28.2 Å². The van der Waals surface area contributed by atoms with Crippen LogP contribution in [-0.2, 0) is 12.0 Å². The Bertz CT molecular complexity index is 902. The molecule has 0 saturated carbocycles. The van der Waals surface area contributed by atoms with Crippen LogP contribution < -0.4 is 10.6 Å². The van der Waals surface area contributed by atoms with E-state index in [-0.39, 0.29) is 12.4 Å². The lowest BCUT2D eigenvalue weighted by atomic mass is 10.00. The molecule has 144 valence electrons. The molecule has 4 N–H and O–H groups in total. The van der Waals surface area contributed by atoms with Crippen LogP contribution in [0.4, 0.5) is 4.39 Å². The molecule has 0 amide bonds. The Balaban J connectivity index is 1.61. The maximum atomic E-state index is 13.5. The van der Waals surface area contributed by atoms with Crippen molar-refractivity contribution in [2.75, 3.05) is 19.6 Å². The third-order valence-electron chi connectivity index (χ3n) is 4.45. The third kappa shape index (κ3) is 4.87. The summed E-state index contributed by atoms with van der Waals surface area (Å²) in [5.41, 5.74) is 1.85. The Labute approximate surface area is 162 Å². The van der Waals surface area contributed by atoms with Crippen molar-refractivity contribution in [3.63, 3.8) is 0 Å². The summed E-state index contributed by atoms with van der Waals surface area (Å²) in [5, 5.41) is 21.9. The summed E-state index contributed by atoms with van der Waals surface area (Å²) in [6.45, 7) is 5.40. The van der Waals surface area contributed by atoms with Gasteiger partial charge in [-0.3, -0.25) is 0 Å². The molecule has 0 radical (unpaired) electrons. The van der Waals surface area contributed by atoms with Gasteiger partial charge in [0.05, 0.1) is 6.54 Å². The SMILES string of the molecule is CCNC(=NCC(C)(O)c1ccsc1)NCCc1c[nH]c2ccc(F)cc12. The molecular formula is C20H25FN4OS. The molecule has 1 aromatic carbocycles. The van der Waals surface area contributed by atoms with Crippen LogP contribution in [0, 0.1) is 5.82 Å². The largest absolute Gasteiger partial charge is 0.383 e. The Morgan fingerprint density at radius 3 is 2.93 bits per heavy atom. The van der Waals surface area contributed by atoms with Gasteiger partial charge in [-0.25, -0.2) is 9.38 Å². The highest BCUT2D eigenvalue weighted by molar-refractivity contribution is 7.08. The van der Waals surface area contributed by atoms with Crippen LogP contribution in [0.5, 0.6) is 0 Å². The maximum absolute atomic E-state index is 13.5. The molecule has 0 fully saturated rings. The predicted molar refractivity (Wildman–Crippen MR) is 110 cm³/mol. The highest BCUT2D eigenvalue weighted by atomic mass is 32.1. The second-order valence-corrected chi connectivity index (χ2v) is 7.44. The minimum Gasteiger partial charge on any atom is -0.383 e. The fraction of sp³-hybridized carbons (Fsp3) is 0.350. The fourth-order valence-electron chi connectivity index (χ4n) is 2.91. The number of nitrogens with one attached hydrogen (secondary N) is 3. The van der Waals surface area contributed by atoms with Crippen LogP contribution in [0.3, 0.4) is 0 Å². The van der Waals surface area contributed by atoms with Crippen molar-refractivity contribution in [2.24, 2.45) is 4.99 Å². The quantitative estimate of drug-likeness (QED) is 0.370. The average Bonchev–Trinajstić information content (AvgIpc) is 3.30. The maximum Gasteiger partial charge on any atom is 0.191 e. The van der Waals surface area contributed by atoms with Crippen molar-refractivity contribution in [1.29, 1.82) is 0 Å². The lowest BCUT2D eigenvalue weighted by molar-refractivity contribution is 0.0677. The number of fused-ring (bicyclic) bond motifs is 1. The van der Waals surface area contributed by atoms with Crippen LogP contribution >= 0.6 is 11.3 Å². The molecule has 1 unspecified atom stereocenters. The van der Waals surface area contributed by atoms with Crippen LogP contribution in [0.15, 0.2) is 46.2 Å². The molecule has 5 nitrogen and oxygen atoms in total. The summed E-state index contributed by atoms with van der Waals surface area (Å²) >= 11 is 1.56. The van der Waals surface area contributed by atoms with E-state index in [4.69, 9.17) is 0 Å². The number of aliphatic imine (C=N–C) groups is 1. The van der Waals surface area contributed by atoms with E-state index in [1.165, 1.54) is 6.07 Å². The number of guanidine groups is 1. The van der Waals surface area contributed by atoms with Gasteiger partial charge in [-0.1, -0.05) is 0 Å². The van der Waals surface area contributed by atoms with Gasteiger partial charge in [0, 0.05) is 30.2 Å². The molecule has 27 heavy (non-hydrogen) atoms. The molecule has 7 heteroatoms. The van der Waals surface area contributed by atoms with Gasteiger partial charge >= 0.3 is 0 Å². The van der Waals surface area contributed by atoms with E-state index >= 15 is 0 Å². The van der Waals surface area contributed by atoms with Gasteiger partial charge in [-0.05, 0) is 66.4 Å². The predicted octanol–water partition coefficient (Wildman–Crippen LogP) is 3.37. The minimum absolute atomic E-state index is 0.234. The second kappa shape index (κ2) is 8.54. The standard InChI is InChI=1S/C20H25FN4OS/c1-3-22-19(25-13-20(2,26)15-7-9-27-12-15)23-8-6-14-11-24-18-5-4-16(21)10-17(14)18/h4-5,7,9-12,24,26H,3,6,8,13H2,1-2H3,(H2,22,23,25). The van der Waals surface area contributed by atoms with E-state index in [1.807, 2.05) is 29.9 Å². The lowest BCUT2D eigenvalue weighted by Crippen LogP contribution is -2.39. The number of nitrogens with zero attached hydrogens (tertiary/aromatic N) is 1. The van der Waals surface area contributed by atoms with E-state index < -0.39 is 5.60 Å². The van der Waals surface area contributed by atoms with Gasteiger partial charge in [0.2, 0.25) is 0 Å². The number of rotatable bonds is 7. The molecule has 0 bridgehead atoms. The molecule has 2 heterocycles.